The fourth-order valence-electron chi connectivity index (χ4n) is 5.74. The topological polar surface area (TPSA) is 131 Å². The van der Waals surface area contributed by atoms with Crippen molar-refractivity contribution in [2.24, 2.45) is 0 Å². The molecular formula is C30H35ClFN5O4S. The quantitative estimate of drug-likeness (QED) is 0.272. The van der Waals surface area contributed by atoms with Crippen LogP contribution >= 0.6 is 23.1 Å². The summed E-state index contributed by atoms with van der Waals surface area (Å²) in [7, 11) is 0. The number of hydrogen-bond donors (Lipinski definition) is 3. The molecule has 2 fully saturated rings. The van der Waals surface area contributed by atoms with Gasteiger partial charge in [-0.2, -0.15) is 4.37 Å². The first-order chi connectivity index (χ1) is 20.2. The molecule has 4 N–H and O–H groups in total. The maximum atomic E-state index is 14.3. The van der Waals surface area contributed by atoms with Gasteiger partial charge in [0.05, 0.1) is 10.7 Å². The minimum Gasteiger partial charge on any atom is -0.464 e. The molecule has 0 bridgehead atoms. The Morgan fingerprint density at radius 1 is 1.02 bits per heavy atom. The number of furan rings is 1. The first-order valence-electron chi connectivity index (χ1n) is 14.4. The van der Waals surface area contributed by atoms with Crippen LogP contribution in [0.4, 0.5) is 15.8 Å². The third-order valence-electron chi connectivity index (χ3n) is 7.97. The summed E-state index contributed by atoms with van der Waals surface area (Å²) in [5.74, 6) is -1.51. The lowest BCUT2D eigenvalue weighted by molar-refractivity contribution is -0.123. The summed E-state index contributed by atoms with van der Waals surface area (Å²) in [5.41, 5.74) is 6.41. The number of halogens is 2. The molecule has 0 aliphatic heterocycles. The second-order valence-electron chi connectivity index (χ2n) is 11.1. The number of nitrogens with one attached hydrogen (secondary N) is 2. The van der Waals surface area contributed by atoms with E-state index in [4.69, 9.17) is 21.8 Å². The van der Waals surface area contributed by atoms with Crippen molar-refractivity contribution in [3.05, 3.63) is 63.3 Å². The molecule has 9 nitrogen and oxygen atoms in total. The number of rotatable bonds is 8. The molecule has 1 aromatic carbocycles. The number of aromatic nitrogens is 1. The lowest BCUT2D eigenvalue weighted by Crippen LogP contribution is -2.47. The Morgan fingerprint density at radius 2 is 1.67 bits per heavy atom. The van der Waals surface area contributed by atoms with Crippen molar-refractivity contribution in [3.8, 4) is 0 Å². The Hall–Kier alpha value is -3.44. The number of aryl methyl sites for hydroxylation is 1. The Labute approximate surface area is 253 Å². The van der Waals surface area contributed by atoms with Crippen molar-refractivity contribution in [2.45, 2.75) is 89.3 Å². The number of carbonyl (C=O) groups is 3. The zero-order chi connectivity index (χ0) is 29.8. The average molecular weight is 616 g/mol. The lowest BCUT2D eigenvalue weighted by Gasteiger charge is -2.32. The van der Waals surface area contributed by atoms with Crippen LogP contribution in [0.25, 0.3) is 0 Å². The summed E-state index contributed by atoms with van der Waals surface area (Å²) < 4.78 is 24.3. The largest absolute Gasteiger partial charge is 0.464 e. The van der Waals surface area contributed by atoms with Gasteiger partial charge in [-0.25, -0.2) is 4.39 Å². The van der Waals surface area contributed by atoms with Gasteiger partial charge in [-0.1, -0.05) is 50.1 Å². The Kier molecular flexibility index (Phi) is 9.47. The van der Waals surface area contributed by atoms with E-state index in [1.807, 2.05) is 0 Å². The molecule has 42 heavy (non-hydrogen) atoms. The van der Waals surface area contributed by atoms with Crippen molar-refractivity contribution < 1.29 is 23.2 Å². The minimum atomic E-state index is -1.27. The van der Waals surface area contributed by atoms with E-state index in [2.05, 4.69) is 15.0 Å². The highest BCUT2D eigenvalue weighted by Crippen LogP contribution is 2.36. The number of benzene rings is 1. The fraction of sp³-hybridized carbons (Fsp3) is 0.467. The fourth-order valence-corrected chi connectivity index (χ4v) is 6.65. The number of anilines is 2. The van der Waals surface area contributed by atoms with Crippen LogP contribution in [0.2, 0.25) is 5.02 Å². The van der Waals surface area contributed by atoms with Gasteiger partial charge in [0.25, 0.3) is 17.7 Å². The maximum Gasteiger partial charge on any atom is 0.273 e. The zero-order valence-corrected chi connectivity index (χ0v) is 25.0. The Bertz CT molecular complexity index is 1450. The molecule has 1 atom stereocenters. The normalized spacial score (nSPS) is 17.0. The van der Waals surface area contributed by atoms with Gasteiger partial charge < -0.3 is 20.8 Å². The zero-order valence-electron chi connectivity index (χ0n) is 23.5. The summed E-state index contributed by atoms with van der Waals surface area (Å²) in [6, 6.07) is 5.80. The summed E-state index contributed by atoms with van der Waals surface area (Å²) >= 11 is 6.92. The van der Waals surface area contributed by atoms with Gasteiger partial charge in [-0.05, 0) is 74.5 Å². The molecule has 12 heteroatoms. The highest BCUT2D eigenvalue weighted by Gasteiger charge is 2.39. The number of nitrogen functional groups attached to an aromatic ring is 1. The van der Waals surface area contributed by atoms with Gasteiger partial charge in [0.1, 0.15) is 22.2 Å². The van der Waals surface area contributed by atoms with E-state index in [1.54, 1.807) is 19.1 Å². The molecule has 3 aromatic rings. The van der Waals surface area contributed by atoms with Crippen LogP contribution in [0.3, 0.4) is 0 Å². The van der Waals surface area contributed by atoms with E-state index < -0.39 is 29.6 Å². The van der Waals surface area contributed by atoms with Crippen LogP contribution in [0.1, 0.15) is 102 Å². The van der Waals surface area contributed by atoms with Gasteiger partial charge in [0, 0.05) is 17.8 Å². The van der Waals surface area contributed by atoms with Crippen molar-refractivity contribution in [3.63, 3.8) is 0 Å². The van der Waals surface area contributed by atoms with Crippen LogP contribution < -0.4 is 21.3 Å². The number of hydrogen-bond acceptors (Lipinski definition) is 7. The summed E-state index contributed by atoms with van der Waals surface area (Å²) in [5, 5.41) is 5.84. The van der Waals surface area contributed by atoms with Gasteiger partial charge in [0.2, 0.25) is 0 Å². The molecule has 2 aromatic heterocycles. The van der Waals surface area contributed by atoms with Gasteiger partial charge in [0.15, 0.2) is 11.7 Å². The third-order valence-corrected chi connectivity index (χ3v) is 9.11. The van der Waals surface area contributed by atoms with Crippen LogP contribution in [-0.2, 0) is 4.79 Å². The van der Waals surface area contributed by atoms with Crippen LogP contribution in [0.15, 0.2) is 34.7 Å². The number of carbonyl (C=O) groups excluding carboxylic acids is 3. The molecule has 2 aliphatic carbocycles. The van der Waals surface area contributed by atoms with E-state index in [0.29, 0.717) is 5.76 Å². The molecule has 2 saturated carbocycles. The van der Waals surface area contributed by atoms with Crippen molar-refractivity contribution in [2.75, 3.05) is 10.6 Å². The molecule has 0 radical (unpaired) electrons. The lowest BCUT2D eigenvalue weighted by atomic mass is 9.95. The van der Waals surface area contributed by atoms with E-state index in [-0.39, 0.29) is 44.8 Å². The Balaban J connectivity index is 1.53. The van der Waals surface area contributed by atoms with E-state index in [0.717, 1.165) is 81.8 Å². The van der Waals surface area contributed by atoms with Crippen LogP contribution in [-0.4, -0.2) is 34.2 Å². The van der Waals surface area contributed by atoms with Gasteiger partial charge in [-0.15, -0.1) is 0 Å². The van der Waals surface area contributed by atoms with E-state index in [9.17, 15) is 18.8 Å². The third kappa shape index (κ3) is 6.62. The van der Waals surface area contributed by atoms with Crippen molar-refractivity contribution >= 4 is 52.2 Å². The van der Waals surface area contributed by atoms with Crippen LogP contribution in [0, 0.1) is 12.7 Å². The molecule has 0 spiro atoms. The molecule has 5 rings (SSSR count). The minimum absolute atomic E-state index is 0.0250. The molecule has 0 saturated heterocycles. The monoisotopic (exact) mass is 615 g/mol. The molecular weight excluding hydrogens is 581 g/mol. The van der Waals surface area contributed by atoms with Crippen molar-refractivity contribution in [1.82, 2.24) is 15.0 Å². The summed E-state index contributed by atoms with van der Waals surface area (Å²) in [6.07, 6.45) is 9.71. The van der Waals surface area contributed by atoms with E-state index in [1.165, 1.54) is 17.0 Å². The average Bonchev–Trinajstić information content (AvgIpc) is 3.59. The standard InChI is InChI=1S/C30H35ClFN5O4S/c1-17-12-15-23(41-17)26(29(39)35-19-10-6-3-7-11-19)37(20-13-14-22(32)21(31)16-20)30(40)27-24(33)25(36-42-27)28(38)34-18-8-4-2-5-9-18/h12-16,18-19,26H,2-11,33H2,1H3,(H,34,38)(H,35,39)/t26-/m0/s1. The molecule has 0 unspecified atom stereocenters. The van der Waals surface area contributed by atoms with Crippen LogP contribution in [0.5, 0.6) is 0 Å². The van der Waals surface area contributed by atoms with Crippen molar-refractivity contribution in [1.29, 1.82) is 0 Å². The summed E-state index contributed by atoms with van der Waals surface area (Å²) in [6.45, 7) is 1.74. The first-order valence-corrected chi connectivity index (χ1v) is 15.6. The number of nitrogens with zero attached hydrogens (tertiary/aromatic N) is 2. The second kappa shape index (κ2) is 13.2. The number of amides is 3. The SMILES string of the molecule is Cc1ccc([C@@H](C(=O)NC2CCCCC2)N(C(=O)c2snc(C(=O)NC3CCCCC3)c2N)c2ccc(F)c(Cl)c2)o1. The Morgan fingerprint density at radius 3 is 2.26 bits per heavy atom. The number of nitrogens with two attached hydrogens (primary N) is 1. The molecule has 2 aliphatic rings. The smallest absolute Gasteiger partial charge is 0.273 e. The first kappa shape index (κ1) is 30.0. The molecule has 2 heterocycles. The highest BCUT2D eigenvalue weighted by atomic mass is 35.5. The molecule has 3 amide bonds. The predicted octanol–water partition coefficient (Wildman–Crippen LogP) is 6.32. The maximum absolute atomic E-state index is 14.3. The van der Waals surface area contributed by atoms with Gasteiger partial charge >= 0.3 is 0 Å². The van der Waals surface area contributed by atoms with Gasteiger partial charge in [-0.3, -0.25) is 19.3 Å². The predicted molar refractivity (Wildman–Crippen MR) is 160 cm³/mol. The molecule has 224 valence electrons. The summed E-state index contributed by atoms with van der Waals surface area (Å²) in [4.78, 5) is 42.5. The second-order valence-corrected chi connectivity index (χ2v) is 12.2. The van der Waals surface area contributed by atoms with E-state index >= 15 is 0 Å². The highest BCUT2D eigenvalue weighted by molar-refractivity contribution is 7.09.